The Morgan fingerprint density at radius 3 is 2.61 bits per heavy atom. The van der Waals surface area contributed by atoms with Gasteiger partial charge in [0.25, 0.3) is 0 Å². The van der Waals surface area contributed by atoms with Crippen LogP contribution >= 0.6 is 11.6 Å². The molecule has 0 bridgehead atoms. The zero-order valence-electron chi connectivity index (χ0n) is 10.8. The minimum absolute atomic E-state index is 0.409. The third kappa shape index (κ3) is 3.06. The van der Waals surface area contributed by atoms with Gasteiger partial charge in [-0.25, -0.2) is 0 Å². The van der Waals surface area contributed by atoms with E-state index >= 15 is 0 Å². The van der Waals surface area contributed by atoms with Crippen LogP contribution in [-0.4, -0.2) is 20.8 Å². The molecule has 0 amide bonds. The number of hydrogen-bond acceptors (Lipinski definition) is 4. The zero-order chi connectivity index (χ0) is 13.5. The molecule has 0 aliphatic heterocycles. The summed E-state index contributed by atoms with van der Waals surface area (Å²) in [6.45, 7) is 2.79. The number of benzene rings is 1. The Kier molecular flexibility index (Phi) is 5.76. The van der Waals surface area contributed by atoms with Gasteiger partial charge in [0.2, 0.25) is 0 Å². The molecule has 0 heterocycles. The lowest BCUT2D eigenvalue weighted by Gasteiger charge is -2.16. The lowest BCUT2D eigenvalue weighted by atomic mass is 10.1. The van der Waals surface area contributed by atoms with Crippen molar-refractivity contribution in [3.63, 3.8) is 0 Å². The van der Waals surface area contributed by atoms with Crippen molar-refractivity contribution in [1.29, 1.82) is 5.26 Å². The average Bonchev–Trinajstić information content (AvgIpc) is 2.40. The lowest BCUT2D eigenvalue weighted by Crippen LogP contribution is -2.21. The smallest absolute Gasteiger partial charge is 0.179 e. The highest BCUT2D eigenvalue weighted by Gasteiger charge is 2.19. The van der Waals surface area contributed by atoms with Crippen molar-refractivity contribution in [1.82, 2.24) is 5.32 Å². The molecule has 1 unspecified atom stereocenters. The van der Waals surface area contributed by atoms with Crippen LogP contribution in [0.4, 0.5) is 0 Å². The number of hydrogen-bond donors (Lipinski definition) is 1. The van der Waals surface area contributed by atoms with Gasteiger partial charge in [-0.15, -0.1) is 0 Å². The van der Waals surface area contributed by atoms with E-state index in [1.807, 2.05) is 6.92 Å². The molecule has 0 aliphatic rings. The number of rotatable bonds is 6. The molecule has 0 radical (unpaired) electrons. The molecule has 4 nitrogen and oxygen atoms in total. The van der Waals surface area contributed by atoms with Gasteiger partial charge >= 0.3 is 0 Å². The summed E-state index contributed by atoms with van der Waals surface area (Å²) in [7, 11) is 3.07. The quantitative estimate of drug-likeness (QED) is 0.862. The van der Waals surface area contributed by atoms with Crippen molar-refractivity contribution in [3.05, 3.63) is 22.7 Å². The predicted octanol–water partition coefficient (Wildman–Crippen LogP) is 2.92. The Morgan fingerprint density at radius 2 is 2.11 bits per heavy atom. The SMILES string of the molecule is CCCNC(C#N)c1ccc(OC)c(OC)c1Cl. The van der Waals surface area contributed by atoms with Crippen molar-refractivity contribution in [2.24, 2.45) is 0 Å². The maximum atomic E-state index is 9.18. The first-order valence-electron chi connectivity index (χ1n) is 5.72. The van der Waals surface area contributed by atoms with Gasteiger partial charge < -0.3 is 9.47 Å². The van der Waals surface area contributed by atoms with E-state index in [-0.39, 0.29) is 0 Å². The van der Waals surface area contributed by atoms with Gasteiger partial charge in [-0.2, -0.15) is 5.26 Å². The Balaban J connectivity index is 3.13. The van der Waals surface area contributed by atoms with Crippen LogP contribution in [0.15, 0.2) is 12.1 Å². The fraction of sp³-hybridized carbons (Fsp3) is 0.462. The van der Waals surface area contributed by atoms with E-state index in [4.69, 9.17) is 21.1 Å². The summed E-state index contributed by atoms with van der Waals surface area (Å²) in [6.07, 6.45) is 0.948. The fourth-order valence-corrected chi connectivity index (χ4v) is 1.98. The molecule has 5 heteroatoms. The Bertz CT molecular complexity index is 443. The van der Waals surface area contributed by atoms with Crippen LogP contribution in [-0.2, 0) is 0 Å². The Labute approximate surface area is 112 Å². The third-order valence-electron chi connectivity index (χ3n) is 2.55. The number of methoxy groups -OCH3 is 2. The van der Waals surface area contributed by atoms with Gasteiger partial charge in [0.15, 0.2) is 11.5 Å². The predicted molar refractivity (Wildman–Crippen MR) is 71.2 cm³/mol. The van der Waals surface area contributed by atoms with Crippen molar-refractivity contribution < 1.29 is 9.47 Å². The van der Waals surface area contributed by atoms with E-state index in [1.165, 1.54) is 7.11 Å². The molecule has 0 spiro atoms. The monoisotopic (exact) mass is 268 g/mol. The van der Waals surface area contributed by atoms with E-state index in [0.717, 1.165) is 13.0 Å². The minimum Gasteiger partial charge on any atom is -0.493 e. The van der Waals surface area contributed by atoms with Crippen molar-refractivity contribution in [2.75, 3.05) is 20.8 Å². The Hall–Kier alpha value is -1.44. The fourth-order valence-electron chi connectivity index (χ4n) is 1.64. The molecule has 0 aliphatic carbocycles. The van der Waals surface area contributed by atoms with Gasteiger partial charge in [0, 0.05) is 5.56 Å². The minimum atomic E-state index is -0.447. The van der Waals surface area contributed by atoms with Crippen molar-refractivity contribution in [3.8, 4) is 17.6 Å². The molecule has 1 atom stereocenters. The molecular weight excluding hydrogens is 252 g/mol. The molecule has 0 saturated carbocycles. The average molecular weight is 269 g/mol. The number of halogens is 1. The zero-order valence-corrected chi connectivity index (χ0v) is 11.5. The molecule has 0 fully saturated rings. The summed E-state index contributed by atoms with van der Waals surface area (Å²) in [5, 5.41) is 12.7. The molecule has 1 N–H and O–H groups in total. The van der Waals surface area contributed by atoms with Crippen LogP contribution in [0, 0.1) is 11.3 Å². The van der Waals surface area contributed by atoms with Gasteiger partial charge in [0.05, 0.1) is 25.3 Å². The number of nitrogens with zero attached hydrogens (tertiary/aromatic N) is 1. The molecule has 1 aromatic carbocycles. The van der Waals surface area contributed by atoms with Gasteiger partial charge in [-0.1, -0.05) is 24.6 Å². The van der Waals surface area contributed by atoms with Crippen LogP contribution in [0.3, 0.4) is 0 Å². The van der Waals surface area contributed by atoms with E-state index in [1.54, 1.807) is 19.2 Å². The van der Waals surface area contributed by atoms with Crippen LogP contribution in [0.1, 0.15) is 24.9 Å². The number of ether oxygens (including phenoxy) is 2. The largest absolute Gasteiger partial charge is 0.493 e. The Morgan fingerprint density at radius 1 is 1.39 bits per heavy atom. The summed E-state index contributed by atoms with van der Waals surface area (Å²) in [4.78, 5) is 0. The molecule has 98 valence electrons. The van der Waals surface area contributed by atoms with Gasteiger partial charge in [0.1, 0.15) is 6.04 Å². The van der Waals surface area contributed by atoms with E-state index in [0.29, 0.717) is 22.1 Å². The van der Waals surface area contributed by atoms with Crippen molar-refractivity contribution in [2.45, 2.75) is 19.4 Å². The highest BCUT2D eigenvalue weighted by Crippen LogP contribution is 2.39. The summed E-state index contributed by atoms with van der Waals surface area (Å²) in [5.74, 6) is 1.01. The van der Waals surface area contributed by atoms with Crippen LogP contribution in [0.5, 0.6) is 11.5 Å². The van der Waals surface area contributed by atoms with Gasteiger partial charge in [-0.3, -0.25) is 5.32 Å². The summed E-state index contributed by atoms with van der Waals surface area (Å²) in [5.41, 5.74) is 0.699. The topological polar surface area (TPSA) is 54.3 Å². The number of nitrogens with one attached hydrogen (secondary N) is 1. The summed E-state index contributed by atoms with van der Waals surface area (Å²) in [6, 6.07) is 5.27. The second-order valence-corrected chi connectivity index (χ2v) is 4.10. The van der Waals surface area contributed by atoms with Crippen LogP contribution in [0.2, 0.25) is 5.02 Å². The molecule has 0 aromatic heterocycles. The second kappa shape index (κ2) is 7.10. The van der Waals surface area contributed by atoms with Gasteiger partial charge in [-0.05, 0) is 19.0 Å². The molecular formula is C13H17ClN2O2. The highest BCUT2D eigenvalue weighted by molar-refractivity contribution is 6.33. The molecule has 0 saturated heterocycles. The first kappa shape index (κ1) is 14.6. The normalized spacial score (nSPS) is 11.7. The lowest BCUT2D eigenvalue weighted by molar-refractivity contribution is 0.354. The van der Waals surface area contributed by atoms with E-state index < -0.39 is 6.04 Å². The molecule has 18 heavy (non-hydrogen) atoms. The van der Waals surface area contributed by atoms with Crippen molar-refractivity contribution >= 4 is 11.6 Å². The highest BCUT2D eigenvalue weighted by atomic mass is 35.5. The maximum Gasteiger partial charge on any atom is 0.179 e. The van der Waals surface area contributed by atoms with E-state index in [9.17, 15) is 5.26 Å². The standard InChI is InChI=1S/C13H17ClN2O2/c1-4-7-16-10(8-15)9-5-6-11(17-2)13(18-3)12(9)14/h5-6,10,16H,4,7H2,1-3H3. The number of nitriles is 1. The third-order valence-corrected chi connectivity index (χ3v) is 2.94. The van der Waals surface area contributed by atoms with Crippen LogP contribution < -0.4 is 14.8 Å². The molecule has 1 rings (SSSR count). The maximum absolute atomic E-state index is 9.18. The summed E-state index contributed by atoms with van der Waals surface area (Å²) < 4.78 is 10.4. The summed E-state index contributed by atoms with van der Waals surface area (Å²) >= 11 is 6.25. The first-order chi connectivity index (χ1) is 8.69. The molecule has 1 aromatic rings. The first-order valence-corrected chi connectivity index (χ1v) is 6.10. The second-order valence-electron chi connectivity index (χ2n) is 3.72. The van der Waals surface area contributed by atoms with Crippen LogP contribution in [0.25, 0.3) is 0 Å². The van der Waals surface area contributed by atoms with E-state index in [2.05, 4.69) is 11.4 Å².